The monoisotopic (exact) mass is 242 g/mol. The van der Waals surface area contributed by atoms with Crippen LogP contribution in [0.25, 0.3) is 0 Å². The molecule has 0 radical (unpaired) electrons. The van der Waals surface area contributed by atoms with Crippen LogP contribution in [-0.4, -0.2) is 18.6 Å². The van der Waals surface area contributed by atoms with E-state index in [1.54, 1.807) is 13.3 Å². The van der Waals surface area contributed by atoms with Crippen LogP contribution < -0.4 is 10.5 Å². The van der Waals surface area contributed by atoms with Crippen LogP contribution >= 0.6 is 0 Å². The number of ether oxygens (including phenoxy) is 1. The summed E-state index contributed by atoms with van der Waals surface area (Å²) in [6.45, 7) is 0.578. The normalized spacial score (nSPS) is 12.1. The number of aromatic nitrogens is 1. The van der Waals surface area contributed by atoms with Crippen LogP contribution in [0, 0.1) is 0 Å². The Morgan fingerprint density at radius 1 is 1.17 bits per heavy atom. The molecule has 0 aliphatic carbocycles. The third-order valence-corrected chi connectivity index (χ3v) is 3.05. The van der Waals surface area contributed by atoms with Gasteiger partial charge in [0.15, 0.2) is 0 Å². The lowest BCUT2D eigenvalue weighted by atomic mass is 9.95. The summed E-state index contributed by atoms with van der Waals surface area (Å²) in [7, 11) is 1.69. The fourth-order valence-electron chi connectivity index (χ4n) is 2.06. The largest absolute Gasteiger partial charge is 0.496 e. The van der Waals surface area contributed by atoms with Crippen molar-refractivity contribution >= 4 is 0 Å². The van der Waals surface area contributed by atoms with Gasteiger partial charge in [-0.1, -0.05) is 24.3 Å². The summed E-state index contributed by atoms with van der Waals surface area (Å²) in [6.07, 6.45) is 2.65. The molecule has 0 amide bonds. The second-order valence-electron chi connectivity index (χ2n) is 4.20. The van der Waals surface area contributed by atoms with Gasteiger partial charge in [0.25, 0.3) is 0 Å². The predicted molar refractivity (Wildman–Crippen MR) is 72.7 cm³/mol. The quantitative estimate of drug-likeness (QED) is 0.875. The van der Waals surface area contributed by atoms with E-state index >= 15 is 0 Å². The van der Waals surface area contributed by atoms with Crippen LogP contribution in [-0.2, 0) is 6.42 Å². The Hall–Kier alpha value is -1.87. The van der Waals surface area contributed by atoms with E-state index in [2.05, 4.69) is 11.1 Å². The molecular formula is C15H18N2O. The average Bonchev–Trinajstić information content (AvgIpc) is 2.46. The standard InChI is InChI=1S/C15H18N2O/c1-18-15-8-3-2-6-12(15)10-13(11-16)14-7-4-5-9-17-14/h2-9,13H,10-11,16H2,1H3. The van der Waals surface area contributed by atoms with Crippen molar-refractivity contribution in [2.45, 2.75) is 12.3 Å². The smallest absolute Gasteiger partial charge is 0.122 e. The molecule has 2 aromatic rings. The number of hydrogen-bond donors (Lipinski definition) is 1. The van der Waals surface area contributed by atoms with Crippen molar-refractivity contribution in [3.63, 3.8) is 0 Å². The lowest BCUT2D eigenvalue weighted by Crippen LogP contribution is -2.16. The van der Waals surface area contributed by atoms with E-state index in [0.717, 1.165) is 17.9 Å². The molecule has 2 N–H and O–H groups in total. The molecule has 0 bridgehead atoms. The Labute approximate surface area is 108 Å². The van der Waals surface area contributed by atoms with E-state index in [9.17, 15) is 0 Å². The second kappa shape index (κ2) is 6.17. The van der Waals surface area contributed by atoms with Gasteiger partial charge in [0.2, 0.25) is 0 Å². The summed E-state index contributed by atoms with van der Waals surface area (Å²) in [6, 6.07) is 14.0. The maximum absolute atomic E-state index is 5.86. The zero-order chi connectivity index (χ0) is 12.8. The minimum Gasteiger partial charge on any atom is -0.496 e. The first-order valence-corrected chi connectivity index (χ1v) is 6.08. The number of nitrogens with two attached hydrogens (primary N) is 1. The maximum Gasteiger partial charge on any atom is 0.122 e. The van der Waals surface area contributed by atoms with Gasteiger partial charge in [0.05, 0.1) is 7.11 Å². The van der Waals surface area contributed by atoms with Gasteiger partial charge >= 0.3 is 0 Å². The number of rotatable bonds is 5. The van der Waals surface area contributed by atoms with Crippen molar-refractivity contribution in [2.24, 2.45) is 5.73 Å². The van der Waals surface area contributed by atoms with Gasteiger partial charge in [-0.15, -0.1) is 0 Å². The molecule has 1 unspecified atom stereocenters. The van der Waals surface area contributed by atoms with Crippen molar-refractivity contribution in [2.75, 3.05) is 13.7 Å². The molecule has 1 heterocycles. The van der Waals surface area contributed by atoms with Gasteiger partial charge in [0.1, 0.15) is 5.75 Å². The average molecular weight is 242 g/mol. The molecule has 1 atom stereocenters. The Morgan fingerprint density at radius 3 is 2.61 bits per heavy atom. The Morgan fingerprint density at radius 2 is 1.94 bits per heavy atom. The first-order chi connectivity index (χ1) is 8.85. The van der Waals surface area contributed by atoms with E-state index in [1.165, 1.54) is 5.56 Å². The van der Waals surface area contributed by atoms with Gasteiger partial charge in [-0.25, -0.2) is 0 Å². The summed E-state index contributed by atoms with van der Waals surface area (Å²) >= 11 is 0. The van der Waals surface area contributed by atoms with Crippen molar-refractivity contribution in [3.05, 3.63) is 59.9 Å². The molecule has 3 heteroatoms. The summed E-state index contributed by atoms with van der Waals surface area (Å²) in [4.78, 5) is 4.38. The van der Waals surface area contributed by atoms with Gasteiger partial charge < -0.3 is 10.5 Å². The topological polar surface area (TPSA) is 48.1 Å². The molecule has 0 saturated heterocycles. The SMILES string of the molecule is COc1ccccc1CC(CN)c1ccccn1. The summed E-state index contributed by atoms with van der Waals surface area (Å²) in [5, 5.41) is 0. The minimum atomic E-state index is 0.225. The highest BCUT2D eigenvalue weighted by atomic mass is 16.5. The van der Waals surface area contributed by atoms with Gasteiger partial charge in [-0.2, -0.15) is 0 Å². The predicted octanol–water partition coefficient (Wildman–Crippen LogP) is 2.38. The van der Waals surface area contributed by atoms with Gasteiger partial charge in [-0.05, 0) is 30.2 Å². The maximum atomic E-state index is 5.86. The highest BCUT2D eigenvalue weighted by Crippen LogP contribution is 2.24. The Balaban J connectivity index is 2.21. The van der Waals surface area contributed by atoms with E-state index in [0.29, 0.717) is 6.54 Å². The summed E-state index contributed by atoms with van der Waals surface area (Å²) < 4.78 is 5.37. The van der Waals surface area contributed by atoms with E-state index in [-0.39, 0.29) is 5.92 Å². The zero-order valence-electron chi connectivity index (χ0n) is 10.5. The van der Waals surface area contributed by atoms with Crippen LogP contribution in [0.5, 0.6) is 5.75 Å². The molecule has 0 spiro atoms. The number of methoxy groups -OCH3 is 1. The number of benzene rings is 1. The van der Waals surface area contributed by atoms with Crippen molar-refractivity contribution in [1.29, 1.82) is 0 Å². The molecule has 0 aliphatic rings. The highest BCUT2D eigenvalue weighted by molar-refractivity contribution is 5.34. The van der Waals surface area contributed by atoms with E-state index in [4.69, 9.17) is 10.5 Å². The minimum absolute atomic E-state index is 0.225. The van der Waals surface area contributed by atoms with Crippen molar-refractivity contribution in [1.82, 2.24) is 4.98 Å². The van der Waals surface area contributed by atoms with Crippen molar-refractivity contribution in [3.8, 4) is 5.75 Å². The number of hydrogen-bond acceptors (Lipinski definition) is 3. The molecule has 2 rings (SSSR count). The second-order valence-corrected chi connectivity index (χ2v) is 4.20. The first-order valence-electron chi connectivity index (χ1n) is 6.08. The van der Waals surface area contributed by atoms with Crippen LogP contribution in [0.15, 0.2) is 48.7 Å². The van der Waals surface area contributed by atoms with Gasteiger partial charge in [-0.3, -0.25) is 4.98 Å². The third-order valence-electron chi connectivity index (χ3n) is 3.05. The van der Waals surface area contributed by atoms with Crippen LogP contribution in [0.2, 0.25) is 0 Å². The number of nitrogens with zero attached hydrogens (tertiary/aromatic N) is 1. The number of pyridine rings is 1. The highest BCUT2D eigenvalue weighted by Gasteiger charge is 2.13. The Kier molecular flexibility index (Phi) is 4.31. The first kappa shape index (κ1) is 12.6. The fourth-order valence-corrected chi connectivity index (χ4v) is 2.06. The Bertz CT molecular complexity index is 485. The lowest BCUT2D eigenvalue weighted by Gasteiger charge is -2.16. The van der Waals surface area contributed by atoms with Crippen LogP contribution in [0.4, 0.5) is 0 Å². The molecule has 1 aromatic carbocycles. The summed E-state index contributed by atoms with van der Waals surface area (Å²) in [5.74, 6) is 1.13. The number of para-hydroxylation sites is 1. The third kappa shape index (κ3) is 2.87. The van der Waals surface area contributed by atoms with E-state index in [1.807, 2.05) is 36.4 Å². The van der Waals surface area contributed by atoms with E-state index < -0.39 is 0 Å². The van der Waals surface area contributed by atoms with Crippen LogP contribution in [0.3, 0.4) is 0 Å². The van der Waals surface area contributed by atoms with Gasteiger partial charge in [0, 0.05) is 24.4 Å². The molecule has 18 heavy (non-hydrogen) atoms. The molecular weight excluding hydrogens is 224 g/mol. The molecule has 3 nitrogen and oxygen atoms in total. The zero-order valence-corrected chi connectivity index (χ0v) is 10.5. The molecule has 0 saturated carbocycles. The fraction of sp³-hybridized carbons (Fsp3) is 0.267. The molecule has 0 fully saturated rings. The molecule has 1 aromatic heterocycles. The summed E-state index contributed by atoms with van der Waals surface area (Å²) in [5.41, 5.74) is 8.06. The molecule has 94 valence electrons. The lowest BCUT2D eigenvalue weighted by molar-refractivity contribution is 0.408. The van der Waals surface area contributed by atoms with Crippen molar-refractivity contribution < 1.29 is 4.74 Å². The molecule has 0 aliphatic heterocycles. The van der Waals surface area contributed by atoms with Crippen LogP contribution in [0.1, 0.15) is 17.2 Å².